The molecular formula is C8H17ClN2O4S2. The van der Waals surface area contributed by atoms with E-state index in [0.717, 1.165) is 6.26 Å². The molecule has 1 atom stereocenters. The monoisotopic (exact) mass is 304 g/mol. The molecular weight excluding hydrogens is 288 g/mol. The number of alkyl halides is 1. The van der Waals surface area contributed by atoms with Crippen molar-refractivity contribution in [3.05, 3.63) is 0 Å². The molecule has 0 amide bonds. The van der Waals surface area contributed by atoms with Crippen LogP contribution in [0, 0.1) is 0 Å². The molecule has 1 aliphatic rings. The minimum atomic E-state index is -3.36. The molecule has 9 heteroatoms. The van der Waals surface area contributed by atoms with Crippen LogP contribution in [-0.2, 0) is 20.0 Å². The minimum Gasteiger partial charge on any atom is -0.213 e. The maximum absolute atomic E-state index is 11.8. The second-order valence-electron chi connectivity index (χ2n) is 4.09. The molecule has 0 aromatic carbocycles. The molecule has 1 N–H and O–H groups in total. The summed E-state index contributed by atoms with van der Waals surface area (Å²) in [5.41, 5.74) is 0. The number of hydrogen-bond donors (Lipinski definition) is 1. The molecule has 0 bridgehead atoms. The Hall–Kier alpha value is 0.110. The molecule has 0 radical (unpaired) electrons. The van der Waals surface area contributed by atoms with Crippen molar-refractivity contribution in [1.82, 2.24) is 9.03 Å². The van der Waals surface area contributed by atoms with Crippen molar-refractivity contribution in [1.29, 1.82) is 0 Å². The van der Waals surface area contributed by atoms with E-state index < -0.39 is 20.0 Å². The Balaban J connectivity index is 2.67. The molecule has 6 nitrogen and oxygen atoms in total. The van der Waals surface area contributed by atoms with E-state index in [0.29, 0.717) is 19.4 Å². The third kappa shape index (κ3) is 5.09. The van der Waals surface area contributed by atoms with E-state index in [4.69, 9.17) is 11.6 Å². The summed E-state index contributed by atoms with van der Waals surface area (Å²) in [6.07, 6.45) is 2.37. The van der Waals surface area contributed by atoms with E-state index >= 15 is 0 Å². The Morgan fingerprint density at radius 1 is 1.35 bits per heavy atom. The Bertz CT molecular complexity index is 448. The number of piperidine rings is 1. The van der Waals surface area contributed by atoms with Crippen molar-refractivity contribution in [2.45, 2.75) is 18.9 Å². The molecule has 0 aromatic rings. The average Bonchev–Trinajstić information content (AvgIpc) is 2.15. The van der Waals surface area contributed by atoms with Crippen LogP contribution < -0.4 is 4.72 Å². The summed E-state index contributed by atoms with van der Waals surface area (Å²) in [4.78, 5) is 0. The first kappa shape index (κ1) is 15.2. The fourth-order valence-corrected chi connectivity index (χ4v) is 4.47. The molecule has 1 aliphatic heterocycles. The third-order valence-electron chi connectivity index (χ3n) is 2.49. The lowest BCUT2D eigenvalue weighted by molar-refractivity contribution is 0.304. The predicted octanol–water partition coefficient (Wildman–Crippen LogP) is -0.431. The standard InChI is InChI=1S/C8H17ClN2O4S2/c1-16(12,13)10-8-3-2-5-11(7-8)17(14,15)6-4-9/h8,10H,2-7H2,1H3. The first-order valence-corrected chi connectivity index (χ1v) is 9.29. The van der Waals surface area contributed by atoms with Crippen molar-refractivity contribution < 1.29 is 16.8 Å². The van der Waals surface area contributed by atoms with Gasteiger partial charge >= 0.3 is 0 Å². The van der Waals surface area contributed by atoms with Gasteiger partial charge in [-0.1, -0.05) is 0 Å². The van der Waals surface area contributed by atoms with Crippen LogP contribution in [0.2, 0.25) is 0 Å². The van der Waals surface area contributed by atoms with Crippen molar-refractivity contribution in [2.24, 2.45) is 0 Å². The van der Waals surface area contributed by atoms with Crippen LogP contribution in [0.25, 0.3) is 0 Å². The summed E-state index contributed by atoms with van der Waals surface area (Å²) < 4.78 is 49.4. The summed E-state index contributed by atoms with van der Waals surface area (Å²) in [7, 11) is -6.66. The van der Waals surface area contributed by atoms with Crippen LogP contribution >= 0.6 is 11.6 Å². The van der Waals surface area contributed by atoms with Gasteiger partial charge in [-0.2, -0.15) is 0 Å². The highest BCUT2D eigenvalue weighted by molar-refractivity contribution is 7.89. The largest absolute Gasteiger partial charge is 0.215 e. The van der Waals surface area contributed by atoms with E-state index in [9.17, 15) is 16.8 Å². The van der Waals surface area contributed by atoms with Gasteiger partial charge in [0.25, 0.3) is 0 Å². The van der Waals surface area contributed by atoms with Crippen LogP contribution in [-0.4, -0.2) is 58.2 Å². The molecule has 1 heterocycles. The van der Waals surface area contributed by atoms with Crippen molar-refractivity contribution >= 4 is 31.6 Å². The first-order chi connectivity index (χ1) is 7.74. The molecule has 0 aliphatic carbocycles. The van der Waals surface area contributed by atoms with Crippen molar-refractivity contribution in [2.75, 3.05) is 31.0 Å². The van der Waals surface area contributed by atoms with Crippen molar-refractivity contribution in [3.8, 4) is 0 Å². The molecule has 0 saturated carbocycles. The van der Waals surface area contributed by atoms with Crippen molar-refractivity contribution in [3.63, 3.8) is 0 Å². The van der Waals surface area contributed by atoms with Gasteiger partial charge in [0, 0.05) is 25.0 Å². The minimum absolute atomic E-state index is 0.0446. The van der Waals surface area contributed by atoms with Crippen LogP contribution in [0.4, 0.5) is 0 Å². The number of halogens is 1. The molecule has 0 spiro atoms. The van der Waals surface area contributed by atoms with Gasteiger partial charge in [-0.05, 0) is 12.8 Å². The Labute approximate surface area is 107 Å². The fourth-order valence-electron chi connectivity index (χ4n) is 1.82. The summed E-state index contributed by atoms with van der Waals surface area (Å²) in [6.45, 7) is 0.619. The van der Waals surface area contributed by atoms with E-state index in [1.807, 2.05) is 0 Å². The zero-order chi connectivity index (χ0) is 13.1. The predicted molar refractivity (Wildman–Crippen MR) is 67.1 cm³/mol. The Kier molecular flexibility index (Phi) is 5.21. The lowest BCUT2D eigenvalue weighted by atomic mass is 10.1. The second kappa shape index (κ2) is 5.83. The van der Waals surface area contributed by atoms with Gasteiger partial charge in [0.15, 0.2) is 0 Å². The maximum Gasteiger partial charge on any atom is 0.215 e. The second-order valence-corrected chi connectivity index (χ2v) is 8.34. The number of hydrogen-bond acceptors (Lipinski definition) is 4. The molecule has 17 heavy (non-hydrogen) atoms. The molecule has 102 valence electrons. The SMILES string of the molecule is CS(=O)(=O)NC1CCCN(S(=O)(=O)CCCl)C1. The van der Waals surface area contributed by atoms with Gasteiger partial charge in [-0.15, -0.1) is 11.6 Å². The van der Waals surface area contributed by atoms with E-state index in [-0.39, 0.29) is 24.2 Å². The van der Waals surface area contributed by atoms with Gasteiger partial charge in [0.1, 0.15) is 0 Å². The van der Waals surface area contributed by atoms with E-state index in [1.54, 1.807) is 0 Å². The highest BCUT2D eigenvalue weighted by Gasteiger charge is 2.29. The summed E-state index contributed by atoms with van der Waals surface area (Å²) in [5, 5.41) is 0. The molecule has 1 unspecified atom stereocenters. The number of nitrogens with zero attached hydrogens (tertiary/aromatic N) is 1. The van der Waals surface area contributed by atoms with E-state index in [1.165, 1.54) is 4.31 Å². The summed E-state index contributed by atoms with van der Waals surface area (Å²) in [5.74, 6) is -0.0663. The number of rotatable bonds is 5. The zero-order valence-corrected chi connectivity index (χ0v) is 12.0. The Morgan fingerprint density at radius 3 is 2.53 bits per heavy atom. The molecule has 1 saturated heterocycles. The average molecular weight is 305 g/mol. The fraction of sp³-hybridized carbons (Fsp3) is 1.00. The smallest absolute Gasteiger partial charge is 0.213 e. The quantitative estimate of drug-likeness (QED) is 0.699. The van der Waals surface area contributed by atoms with Crippen LogP contribution in [0.1, 0.15) is 12.8 Å². The normalized spacial score (nSPS) is 23.8. The number of nitrogens with one attached hydrogen (secondary N) is 1. The van der Waals surface area contributed by atoms with Crippen LogP contribution in [0.15, 0.2) is 0 Å². The zero-order valence-electron chi connectivity index (χ0n) is 9.59. The maximum atomic E-state index is 11.8. The topological polar surface area (TPSA) is 83.6 Å². The summed E-state index contributed by atoms with van der Waals surface area (Å²) in [6, 6.07) is -0.344. The lowest BCUT2D eigenvalue weighted by Gasteiger charge is -2.31. The van der Waals surface area contributed by atoms with Gasteiger partial charge in [0.2, 0.25) is 20.0 Å². The van der Waals surface area contributed by atoms with Gasteiger partial charge in [-0.25, -0.2) is 25.9 Å². The first-order valence-electron chi connectivity index (χ1n) is 5.26. The van der Waals surface area contributed by atoms with Gasteiger partial charge in [0.05, 0.1) is 12.0 Å². The van der Waals surface area contributed by atoms with Gasteiger partial charge < -0.3 is 0 Å². The molecule has 0 aromatic heterocycles. The highest BCUT2D eigenvalue weighted by Crippen LogP contribution is 2.15. The Morgan fingerprint density at radius 2 is 2.00 bits per heavy atom. The van der Waals surface area contributed by atoms with Crippen LogP contribution in [0.3, 0.4) is 0 Å². The lowest BCUT2D eigenvalue weighted by Crippen LogP contribution is -2.49. The van der Waals surface area contributed by atoms with Gasteiger partial charge in [-0.3, -0.25) is 0 Å². The van der Waals surface area contributed by atoms with Crippen LogP contribution in [0.5, 0.6) is 0 Å². The van der Waals surface area contributed by atoms with E-state index in [2.05, 4.69) is 4.72 Å². The molecule has 1 fully saturated rings. The number of sulfonamides is 2. The molecule has 1 rings (SSSR count). The highest BCUT2D eigenvalue weighted by atomic mass is 35.5. The summed E-state index contributed by atoms with van der Waals surface area (Å²) >= 11 is 5.43. The third-order valence-corrected chi connectivity index (χ3v) is 5.51.